The average Bonchev–Trinajstić information content (AvgIpc) is 2.45. The second kappa shape index (κ2) is 9.14. The molecule has 0 heterocycles. The van der Waals surface area contributed by atoms with Crippen LogP contribution < -0.4 is 0 Å². The Hall–Kier alpha value is -1.09. The third-order valence-electron chi connectivity index (χ3n) is 2.89. The molecule has 8 heteroatoms. The smallest absolute Gasteiger partial charge is 0.246 e. The van der Waals surface area contributed by atoms with E-state index in [0.717, 1.165) is 16.4 Å². The van der Waals surface area contributed by atoms with Gasteiger partial charge in [0.1, 0.15) is 16.5 Å². The zero-order valence-corrected chi connectivity index (χ0v) is 13.5. The molecule has 22 heavy (non-hydrogen) atoms. The molecule has 0 spiro atoms. The quantitative estimate of drug-likeness (QED) is 0.613. The lowest BCUT2D eigenvalue weighted by Gasteiger charge is -2.22. The Kier molecular flexibility index (Phi) is 7.88. The predicted molar refractivity (Wildman–Crippen MR) is 78.1 cm³/mol. The van der Waals surface area contributed by atoms with E-state index in [-0.39, 0.29) is 26.3 Å². The highest BCUT2D eigenvalue weighted by atomic mass is 32.2. The fraction of sp³-hybridized carbons (Fsp3) is 0.571. The van der Waals surface area contributed by atoms with Gasteiger partial charge in [0.2, 0.25) is 10.0 Å². The topological polar surface area (TPSA) is 55.8 Å². The first-order valence-electron chi connectivity index (χ1n) is 7.04. The van der Waals surface area contributed by atoms with Crippen LogP contribution in [0.1, 0.15) is 13.8 Å². The van der Waals surface area contributed by atoms with Gasteiger partial charge in [-0.05, 0) is 26.0 Å². The largest absolute Gasteiger partial charge is 0.380 e. The summed E-state index contributed by atoms with van der Waals surface area (Å²) in [4.78, 5) is -0.554. The van der Waals surface area contributed by atoms with Gasteiger partial charge in [-0.15, -0.1) is 0 Å². The first-order valence-corrected chi connectivity index (χ1v) is 8.48. The van der Waals surface area contributed by atoms with E-state index < -0.39 is 26.6 Å². The van der Waals surface area contributed by atoms with Crippen molar-refractivity contribution >= 4 is 10.0 Å². The summed E-state index contributed by atoms with van der Waals surface area (Å²) < 4.78 is 63.1. The third kappa shape index (κ3) is 5.28. The van der Waals surface area contributed by atoms with Crippen molar-refractivity contribution in [2.45, 2.75) is 18.7 Å². The number of nitrogens with zero attached hydrogens (tertiary/aromatic N) is 1. The van der Waals surface area contributed by atoms with Crippen LogP contribution >= 0.6 is 0 Å². The Morgan fingerprint density at radius 2 is 1.59 bits per heavy atom. The monoisotopic (exact) mass is 337 g/mol. The maximum Gasteiger partial charge on any atom is 0.246 e. The van der Waals surface area contributed by atoms with Gasteiger partial charge in [0.25, 0.3) is 0 Å². The molecule has 0 saturated heterocycles. The molecular formula is C14H21F2NO4S. The van der Waals surface area contributed by atoms with Crippen molar-refractivity contribution in [3.05, 3.63) is 29.8 Å². The Labute approximate surface area is 129 Å². The molecule has 0 unspecified atom stereocenters. The summed E-state index contributed by atoms with van der Waals surface area (Å²) in [5.74, 6) is -1.94. The van der Waals surface area contributed by atoms with Crippen LogP contribution in [0, 0.1) is 11.6 Å². The second-order valence-electron chi connectivity index (χ2n) is 4.37. The highest BCUT2D eigenvalue weighted by Gasteiger charge is 2.27. The molecule has 0 atom stereocenters. The summed E-state index contributed by atoms with van der Waals surface area (Å²) in [5.41, 5.74) is 0. The third-order valence-corrected chi connectivity index (χ3v) is 4.82. The summed E-state index contributed by atoms with van der Waals surface area (Å²) in [7, 11) is -4.08. The SMILES string of the molecule is CCOCCN(CCOCC)S(=O)(=O)c1ccc(F)cc1F. The minimum absolute atomic E-state index is 0.0695. The highest BCUT2D eigenvalue weighted by molar-refractivity contribution is 7.89. The Morgan fingerprint density at radius 1 is 1.05 bits per heavy atom. The standard InChI is InChI=1S/C14H21F2NO4S/c1-3-20-9-7-17(8-10-21-4-2)22(18,19)14-6-5-12(15)11-13(14)16/h5-6,11H,3-4,7-10H2,1-2H3. The van der Waals surface area contributed by atoms with Crippen LogP contribution in [0.15, 0.2) is 23.1 Å². The van der Waals surface area contributed by atoms with E-state index >= 15 is 0 Å². The first-order chi connectivity index (χ1) is 10.4. The van der Waals surface area contributed by atoms with Gasteiger partial charge in [0.05, 0.1) is 13.2 Å². The molecule has 0 aromatic heterocycles. The highest BCUT2D eigenvalue weighted by Crippen LogP contribution is 2.20. The van der Waals surface area contributed by atoms with Crippen LogP contribution in [0.3, 0.4) is 0 Å². The van der Waals surface area contributed by atoms with Gasteiger partial charge in [0, 0.05) is 32.4 Å². The molecule has 5 nitrogen and oxygen atoms in total. The van der Waals surface area contributed by atoms with E-state index in [4.69, 9.17) is 9.47 Å². The molecule has 0 saturated carbocycles. The molecule has 0 aliphatic rings. The minimum atomic E-state index is -4.08. The first kappa shape index (κ1) is 19.0. The second-order valence-corrected chi connectivity index (χ2v) is 6.28. The van der Waals surface area contributed by atoms with Gasteiger partial charge in [-0.25, -0.2) is 17.2 Å². The zero-order valence-electron chi connectivity index (χ0n) is 12.7. The normalized spacial score (nSPS) is 12.0. The van der Waals surface area contributed by atoms with Gasteiger partial charge in [-0.2, -0.15) is 4.31 Å². The number of rotatable bonds is 10. The van der Waals surface area contributed by atoms with Crippen molar-refractivity contribution < 1.29 is 26.7 Å². The fourth-order valence-electron chi connectivity index (χ4n) is 1.80. The predicted octanol–water partition coefficient (Wildman–Crippen LogP) is 2.03. The summed E-state index contributed by atoms with van der Waals surface area (Å²) in [6.45, 7) is 4.99. The average molecular weight is 337 g/mol. The Balaban J connectivity index is 2.97. The lowest BCUT2D eigenvalue weighted by molar-refractivity contribution is 0.110. The summed E-state index contributed by atoms with van der Waals surface area (Å²) in [6.07, 6.45) is 0. The van der Waals surface area contributed by atoms with E-state index in [0.29, 0.717) is 19.3 Å². The number of hydrogen-bond donors (Lipinski definition) is 0. The van der Waals surface area contributed by atoms with Crippen molar-refractivity contribution in [2.24, 2.45) is 0 Å². The maximum atomic E-state index is 13.8. The molecular weight excluding hydrogens is 316 g/mol. The number of sulfonamides is 1. The van der Waals surface area contributed by atoms with Gasteiger partial charge in [-0.1, -0.05) is 0 Å². The van der Waals surface area contributed by atoms with Crippen LogP contribution in [0.25, 0.3) is 0 Å². The van der Waals surface area contributed by atoms with Crippen molar-refractivity contribution in [3.8, 4) is 0 Å². The molecule has 1 aromatic rings. The molecule has 1 rings (SSSR count). The van der Waals surface area contributed by atoms with Gasteiger partial charge in [0.15, 0.2) is 0 Å². The van der Waals surface area contributed by atoms with E-state index in [1.165, 1.54) is 0 Å². The molecule has 0 amide bonds. The molecule has 0 radical (unpaired) electrons. The lowest BCUT2D eigenvalue weighted by atomic mass is 10.3. The van der Waals surface area contributed by atoms with Crippen molar-refractivity contribution in [1.82, 2.24) is 4.31 Å². The van der Waals surface area contributed by atoms with E-state index in [9.17, 15) is 17.2 Å². The number of hydrogen-bond acceptors (Lipinski definition) is 4. The van der Waals surface area contributed by atoms with Crippen LogP contribution in [0.2, 0.25) is 0 Å². The van der Waals surface area contributed by atoms with Crippen molar-refractivity contribution in [2.75, 3.05) is 39.5 Å². The van der Waals surface area contributed by atoms with Crippen LogP contribution in [-0.2, 0) is 19.5 Å². The van der Waals surface area contributed by atoms with E-state index in [1.807, 2.05) is 0 Å². The van der Waals surface area contributed by atoms with E-state index in [2.05, 4.69) is 0 Å². The Morgan fingerprint density at radius 3 is 2.05 bits per heavy atom. The number of benzene rings is 1. The molecule has 0 fully saturated rings. The molecule has 0 aliphatic heterocycles. The van der Waals surface area contributed by atoms with Crippen LogP contribution in [0.5, 0.6) is 0 Å². The molecule has 0 N–H and O–H groups in total. The maximum absolute atomic E-state index is 13.8. The zero-order chi connectivity index (χ0) is 16.6. The number of ether oxygens (including phenoxy) is 2. The Bertz CT molecular complexity index is 556. The van der Waals surface area contributed by atoms with Crippen LogP contribution in [0.4, 0.5) is 8.78 Å². The van der Waals surface area contributed by atoms with Gasteiger partial charge < -0.3 is 9.47 Å². The minimum Gasteiger partial charge on any atom is -0.380 e. The molecule has 0 aliphatic carbocycles. The van der Waals surface area contributed by atoms with Crippen molar-refractivity contribution in [3.63, 3.8) is 0 Å². The summed E-state index contributed by atoms with van der Waals surface area (Å²) >= 11 is 0. The lowest BCUT2D eigenvalue weighted by Crippen LogP contribution is -2.37. The molecule has 0 bridgehead atoms. The van der Waals surface area contributed by atoms with Crippen LogP contribution in [-0.4, -0.2) is 52.2 Å². The van der Waals surface area contributed by atoms with Gasteiger partial charge in [-0.3, -0.25) is 0 Å². The van der Waals surface area contributed by atoms with Gasteiger partial charge >= 0.3 is 0 Å². The summed E-state index contributed by atoms with van der Waals surface area (Å²) in [6, 6.07) is 2.39. The number of halogens is 2. The van der Waals surface area contributed by atoms with E-state index in [1.54, 1.807) is 13.8 Å². The summed E-state index contributed by atoms with van der Waals surface area (Å²) in [5, 5.41) is 0. The fourth-order valence-corrected chi connectivity index (χ4v) is 3.25. The molecule has 126 valence electrons. The molecule has 1 aromatic carbocycles. The van der Waals surface area contributed by atoms with Crippen molar-refractivity contribution in [1.29, 1.82) is 0 Å².